The Labute approximate surface area is 114 Å². The predicted molar refractivity (Wildman–Crippen MR) is 75.6 cm³/mol. The van der Waals surface area contributed by atoms with Gasteiger partial charge in [-0.2, -0.15) is 0 Å². The zero-order valence-electron chi connectivity index (χ0n) is 11.3. The molecule has 1 aromatic rings. The third-order valence-corrected chi connectivity index (χ3v) is 4.07. The third-order valence-electron chi connectivity index (χ3n) is 3.66. The van der Waals surface area contributed by atoms with Crippen molar-refractivity contribution < 1.29 is 4.74 Å². The van der Waals surface area contributed by atoms with Gasteiger partial charge in [0.15, 0.2) is 0 Å². The van der Waals surface area contributed by atoms with Crippen molar-refractivity contribution in [2.24, 2.45) is 0 Å². The summed E-state index contributed by atoms with van der Waals surface area (Å²) in [6.07, 6.45) is 0. The molecule has 0 aromatic heterocycles. The summed E-state index contributed by atoms with van der Waals surface area (Å²) in [7, 11) is 1.72. The van der Waals surface area contributed by atoms with Crippen LogP contribution >= 0.6 is 11.6 Å². The van der Waals surface area contributed by atoms with E-state index < -0.39 is 0 Å². The summed E-state index contributed by atoms with van der Waals surface area (Å²) < 4.78 is 5.49. The molecule has 3 nitrogen and oxygen atoms in total. The summed E-state index contributed by atoms with van der Waals surface area (Å²) in [4.78, 5) is 2.46. The second-order valence-electron chi connectivity index (χ2n) is 4.81. The second-order valence-corrected chi connectivity index (χ2v) is 5.21. The Kier molecular flexibility index (Phi) is 4.49. The molecule has 1 saturated heterocycles. The molecule has 1 fully saturated rings. The molecule has 1 aliphatic rings. The third kappa shape index (κ3) is 2.79. The van der Waals surface area contributed by atoms with Crippen LogP contribution in [-0.2, 0) is 0 Å². The van der Waals surface area contributed by atoms with Gasteiger partial charge in [0.1, 0.15) is 5.75 Å². The summed E-state index contributed by atoms with van der Waals surface area (Å²) in [5.74, 6) is 0.933. The van der Waals surface area contributed by atoms with Gasteiger partial charge in [-0.1, -0.05) is 11.6 Å². The van der Waals surface area contributed by atoms with Gasteiger partial charge in [-0.25, -0.2) is 0 Å². The molecule has 0 radical (unpaired) electrons. The van der Waals surface area contributed by atoms with Crippen molar-refractivity contribution in [3.63, 3.8) is 0 Å². The van der Waals surface area contributed by atoms with Gasteiger partial charge in [-0.15, -0.1) is 0 Å². The van der Waals surface area contributed by atoms with E-state index in [1.165, 1.54) is 5.56 Å². The van der Waals surface area contributed by atoms with Crippen LogP contribution in [0.25, 0.3) is 0 Å². The number of nitrogens with zero attached hydrogens (tertiary/aromatic N) is 1. The van der Waals surface area contributed by atoms with Crippen molar-refractivity contribution in [3.8, 4) is 5.75 Å². The fraction of sp³-hybridized carbons (Fsp3) is 0.571. The minimum absolute atomic E-state index is 0.333. The lowest BCUT2D eigenvalue weighted by molar-refractivity contribution is 0.182. The molecule has 1 aromatic carbocycles. The Hall–Kier alpha value is -0.770. The maximum Gasteiger partial charge on any atom is 0.123 e. The molecule has 1 unspecified atom stereocenters. The van der Waals surface area contributed by atoms with Gasteiger partial charge in [0.25, 0.3) is 0 Å². The van der Waals surface area contributed by atoms with Crippen molar-refractivity contribution in [2.75, 3.05) is 33.3 Å². The highest BCUT2D eigenvalue weighted by Crippen LogP contribution is 2.33. The SMILES string of the molecule is COc1cc(C)c(Cl)cc1C(C)N1CCNCC1. The molecular formula is C14H21ClN2O. The van der Waals surface area contributed by atoms with Crippen LogP contribution in [0, 0.1) is 6.92 Å². The van der Waals surface area contributed by atoms with Crippen molar-refractivity contribution in [1.82, 2.24) is 10.2 Å². The van der Waals surface area contributed by atoms with E-state index >= 15 is 0 Å². The van der Waals surface area contributed by atoms with Gasteiger partial charge in [-0.3, -0.25) is 4.90 Å². The van der Waals surface area contributed by atoms with E-state index in [1.54, 1.807) is 7.11 Å². The Balaban J connectivity index is 2.27. The molecule has 100 valence electrons. The van der Waals surface area contributed by atoms with Crippen LogP contribution < -0.4 is 10.1 Å². The summed E-state index contributed by atoms with van der Waals surface area (Å²) in [5.41, 5.74) is 2.24. The number of hydrogen-bond acceptors (Lipinski definition) is 3. The zero-order chi connectivity index (χ0) is 13.1. The topological polar surface area (TPSA) is 24.5 Å². The number of ether oxygens (including phenoxy) is 1. The number of nitrogens with one attached hydrogen (secondary N) is 1. The largest absolute Gasteiger partial charge is 0.496 e. The molecule has 0 saturated carbocycles. The van der Waals surface area contributed by atoms with E-state index in [9.17, 15) is 0 Å². The van der Waals surface area contributed by atoms with Gasteiger partial charge < -0.3 is 10.1 Å². The first-order valence-corrected chi connectivity index (χ1v) is 6.80. The molecular weight excluding hydrogens is 248 g/mol. The van der Waals surface area contributed by atoms with E-state index in [0.717, 1.165) is 42.5 Å². The van der Waals surface area contributed by atoms with E-state index in [-0.39, 0.29) is 0 Å². The van der Waals surface area contributed by atoms with E-state index in [0.29, 0.717) is 6.04 Å². The Morgan fingerprint density at radius 2 is 2.00 bits per heavy atom. The monoisotopic (exact) mass is 268 g/mol. The number of rotatable bonds is 3. The second kappa shape index (κ2) is 5.91. The van der Waals surface area contributed by atoms with E-state index in [4.69, 9.17) is 16.3 Å². The average molecular weight is 269 g/mol. The van der Waals surface area contributed by atoms with Gasteiger partial charge >= 0.3 is 0 Å². The average Bonchev–Trinajstić information content (AvgIpc) is 2.41. The standard InChI is InChI=1S/C14H21ClN2O/c1-10-8-14(18-3)12(9-13(10)15)11(2)17-6-4-16-5-7-17/h8-9,11,16H,4-7H2,1-3H3. The Morgan fingerprint density at radius 3 is 2.61 bits per heavy atom. The van der Waals surface area contributed by atoms with Crippen LogP contribution in [-0.4, -0.2) is 38.2 Å². The highest BCUT2D eigenvalue weighted by molar-refractivity contribution is 6.31. The fourth-order valence-electron chi connectivity index (χ4n) is 2.44. The van der Waals surface area contributed by atoms with Gasteiger partial charge in [0, 0.05) is 42.8 Å². The summed E-state index contributed by atoms with van der Waals surface area (Å²) >= 11 is 6.24. The Bertz CT molecular complexity index is 417. The van der Waals surface area contributed by atoms with Gasteiger partial charge in [-0.05, 0) is 31.5 Å². The zero-order valence-corrected chi connectivity index (χ0v) is 12.0. The molecule has 1 heterocycles. The Morgan fingerprint density at radius 1 is 1.33 bits per heavy atom. The minimum atomic E-state index is 0.333. The number of methoxy groups -OCH3 is 1. The number of aryl methyl sites for hydroxylation is 1. The minimum Gasteiger partial charge on any atom is -0.496 e. The smallest absolute Gasteiger partial charge is 0.123 e. The van der Waals surface area contributed by atoms with Crippen LogP contribution in [0.5, 0.6) is 5.75 Å². The lowest BCUT2D eigenvalue weighted by atomic mass is 10.0. The number of hydrogen-bond donors (Lipinski definition) is 1. The molecule has 0 bridgehead atoms. The summed E-state index contributed by atoms with van der Waals surface area (Å²) in [6.45, 7) is 8.45. The summed E-state index contributed by atoms with van der Waals surface area (Å²) in [5, 5.41) is 4.18. The molecule has 1 N–H and O–H groups in total. The van der Waals surface area contributed by atoms with Crippen molar-refractivity contribution in [2.45, 2.75) is 19.9 Å². The number of benzene rings is 1. The molecule has 0 aliphatic carbocycles. The van der Waals surface area contributed by atoms with Crippen molar-refractivity contribution >= 4 is 11.6 Å². The first-order valence-electron chi connectivity index (χ1n) is 6.42. The molecule has 1 aliphatic heterocycles. The van der Waals surface area contributed by atoms with Crippen LogP contribution in [0.15, 0.2) is 12.1 Å². The van der Waals surface area contributed by atoms with Crippen molar-refractivity contribution in [1.29, 1.82) is 0 Å². The van der Waals surface area contributed by atoms with Crippen molar-refractivity contribution in [3.05, 3.63) is 28.3 Å². The van der Waals surface area contributed by atoms with Gasteiger partial charge in [0.05, 0.1) is 7.11 Å². The van der Waals surface area contributed by atoms with Gasteiger partial charge in [0.2, 0.25) is 0 Å². The molecule has 18 heavy (non-hydrogen) atoms. The molecule has 0 spiro atoms. The maximum atomic E-state index is 6.24. The normalized spacial score (nSPS) is 18.7. The molecule has 1 atom stereocenters. The quantitative estimate of drug-likeness (QED) is 0.912. The summed E-state index contributed by atoms with van der Waals surface area (Å²) in [6, 6.07) is 4.40. The number of halogens is 1. The first kappa shape index (κ1) is 13.7. The lowest BCUT2D eigenvalue weighted by Crippen LogP contribution is -2.44. The highest BCUT2D eigenvalue weighted by atomic mass is 35.5. The number of piperazine rings is 1. The maximum absolute atomic E-state index is 6.24. The fourth-order valence-corrected chi connectivity index (χ4v) is 2.61. The van der Waals surface area contributed by atoms with Crippen LogP contribution in [0.2, 0.25) is 5.02 Å². The first-order chi connectivity index (χ1) is 8.63. The molecule has 4 heteroatoms. The van der Waals surface area contributed by atoms with Crippen LogP contribution in [0.3, 0.4) is 0 Å². The molecule has 2 rings (SSSR count). The van der Waals surface area contributed by atoms with E-state index in [2.05, 4.69) is 17.1 Å². The van der Waals surface area contributed by atoms with Crippen LogP contribution in [0.4, 0.5) is 0 Å². The van der Waals surface area contributed by atoms with Crippen LogP contribution in [0.1, 0.15) is 24.1 Å². The van der Waals surface area contributed by atoms with E-state index in [1.807, 2.05) is 19.1 Å². The molecule has 0 amide bonds. The predicted octanol–water partition coefficient (Wildman–Crippen LogP) is 2.62. The lowest BCUT2D eigenvalue weighted by Gasteiger charge is -2.33. The highest BCUT2D eigenvalue weighted by Gasteiger charge is 2.21.